The van der Waals surface area contributed by atoms with E-state index in [1.165, 1.54) is 51.5 Å². The maximum atomic E-state index is 10.4. The van der Waals surface area contributed by atoms with Gasteiger partial charge in [0.1, 0.15) is 17.5 Å². The number of rotatable bonds is 6. The highest BCUT2D eigenvalue weighted by Crippen LogP contribution is 2.52. The van der Waals surface area contributed by atoms with E-state index in [0.29, 0.717) is 54.7 Å². The average Bonchev–Trinajstić information content (AvgIpc) is 3.77. The Balaban J connectivity index is 1.14. The maximum absolute atomic E-state index is 10.4. The molecule has 3 heterocycles. The van der Waals surface area contributed by atoms with Crippen LogP contribution in [0, 0.1) is 16.7 Å². The molecule has 6 aliphatic rings. The molecular formula is C34H44N6O3. The summed E-state index contributed by atoms with van der Waals surface area (Å²) in [6.45, 7) is 4.41. The normalized spacial score (nSPS) is 34.9. The zero-order valence-corrected chi connectivity index (χ0v) is 25.3. The molecule has 4 aliphatic carbocycles. The van der Waals surface area contributed by atoms with Gasteiger partial charge in [0.25, 0.3) is 0 Å². The predicted octanol–water partition coefficient (Wildman–Crippen LogP) is 4.91. The molecule has 2 aliphatic heterocycles. The Labute approximate surface area is 254 Å². The van der Waals surface area contributed by atoms with Gasteiger partial charge in [0.2, 0.25) is 0 Å². The first-order chi connectivity index (χ1) is 20.9. The molecule has 4 fully saturated rings. The Morgan fingerprint density at radius 3 is 2.77 bits per heavy atom. The highest BCUT2D eigenvalue weighted by molar-refractivity contribution is 5.64. The molecule has 1 aromatic carbocycles. The molecule has 1 saturated heterocycles. The van der Waals surface area contributed by atoms with Crippen LogP contribution in [0.3, 0.4) is 0 Å². The van der Waals surface area contributed by atoms with Crippen LogP contribution in [0.5, 0.6) is 6.01 Å². The minimum atomic E-state index is -0.669. The van der Waals surface area contributed by atoms with Crippen LogP contribution in [0.4, 0.5) is 11.5 Å². The fourth-order valence-corrected chi connectivity index (χ4v) is 9.05. The minimum absolute atomic E-state index is 0.0350. The van der Waals surface area contributed by atoms with E-state index in [2.05, 4.69) is 29.3 Å². The van der Waals surface area contributed by atoms with Crippen LogP contribution in [0.1, 0.15) is 111 Å². The van der Waals surface area contributed by atoms with Gasteiger partial charge in [-0.05, 0) is 88.3 Å². The zero-order valence-electron chi connectivity index (χ0n) is 25.3. The second-order valence-corrected chi connectivity index (χ2v) is 14.3. The summed E-state index contributed by atoms with van der Waals surface area (Å²) in [4.78, 5) is 12.8. The minimum Gasteiger partial charge on any atom is -0.463 e. The lowest BCUT2D eigenvalue weighted by molar-refractivity contribution is -0.0873. The fourth-order valence-electron chi connectivity index (χ4n) is 9.05. The van der Waals surface area contributed by atoms with Crippen molar-refractivity contribution in [1.82, 2.24) is 14.9 Å². The number of benzene rings is 1. The van der Waals surface area contributed by atoms with Gasteiger partial charge in [0.05, 0.1) is 36.6 Å². The average molecular weight is 585 g/mol. The van der Waals surface area contributed by atoms with E-state index in [-0.39, 0.29) is 17.6 Å². The molecular weight excluding hydrogens is 540 g/mol. The lowest BCUT2D eigenvalue weighted by atomic mass is 9.69. The van der Waals surface area contributed by atoms with Crippen LogP contribution in [-0.2, 0) is 23.4 Å². The molecule has 43 heavy (non-hydrogen) atoms. The number of fused-ring (bicyclic) bond motifs is 4. The van der Waals surface area contributed by atoms with Crippen molar-refractivity contribution in [2.75, 3.05) is 24.2 Å². The summed E-state index contributed by atoms with van der Waals surface area (Å²) in [5.41, 5.74) is 10.8. The van der Waals surface area contributed by atoms with Crippen molar-refractivity contribution in [3.8, 4) is 12.1 Å². The van der Waals surface area contributed by atoms with Crippen LogP contribution in [-0.4, -0.2) is 57.4 Å². The first-order valence-electron chi connectivity index (χ1n) is 16.6. The Kier molecular flexibility index (Phi) is 6.63. The number of nitrogens with two attached hydrogens (primary N) is 1. The van der Waals surface area contributed by atoms with Gasteiger partial charge >= 0.3 is 6.01 Å². The molecule has 1 spiro atoms. The predicted molar refractivity (Wildman–Crippen MR) is 163 cm³/mol. The molecule has 0 amide bonds. The number of anilines is 2. The molecule has 9 nitrogen and oxygen atoms in total. The molecule has 8 rings (SSSR count). The van der Waals surface area contributed by atoms with Crippen LogP contribution in [0.25, 0.3) is 0 Å². The third-order valence-electron chi connectivity index (χ3n) is 11.8. The molecule has 6 unspecified atom stereocenters. The van der Waals surface area contributed by atoms with Crippen LogP contribution < -0.4 is 15.8 Å². The maximum Gasteiger partial charge on any atom is 0.318 e. The number of aromatic nitrogens is 2. The van der Waals surface area contributed by atoms with Crippen LogP contribution in [0.15, 0.2) is 12.1 Å². The number of likely N-dealkylation sites (tertiary alicyclic amines) is 1. The molecule has 2 aromatic rings. The van der Waals surface area contributed by atoms with E-state index < -0.39 is 5.60 Å². The molecule has 1 aromatic heterocycles. The SMILES string of the molecule is CC1CCC2(Cc3nc(OCC45CCCC4N(C4CC4)CCC5)nc(NC4CCC4O)c3CO2)c2c1ccc(N)c2C#N. The van der Waals surface area contributed by atoms with Crippen molar-refractivity contribution in [2.24, 2.45) is 5.41 Å². The number of nitrogens with one attached hydrogen (secondary N) is 1. The first kappa shape index (κ1) is 27.6. The number of nitrogen functional groups attached to an aromatic ring is 1. The van der Waals surface area contributed by atoms with Crippen molar-refractivity contribution in [3.63, 3.8) is 0 Å². The number of nitriles is 1. The number of ether oxygens (including phenoxy) is 2. The number of hydrogen-bond donors (Lipinski definition) is 3. The van der Waals surface area contributed by atoms with E-state index in [9.17, 15) is 10.4 Å². The summed E-state index contributed by atoms with van der Waals surface area (Å²) in [5, 5.41) is 24.1. The highest BCUT2D eigenvalue weighted by Gasteiger charge is 2.52. The van der Waals surface area contributed by atoms with Gasteiger partial charge in [-0.15, -0.1) is 0 Å². The number of aliphatic hydroxyl groups excluding tert-OH is 1. The summed E-state index contributed by atoms with van der Waals surface area (Å²) < 4.78 is 13.4. The zero-order chi connectivity index (χ0) is 29.3. The van der Waals surface area contributed by atoms with Crippen LogP contribution >= 0.6 is 0 Å². The number of aliphatic hydroxyl groups is 1. The second kappa shape index (κ2) is 10.3. The Hall–Kier alpha value is -2.93. The van der Waals surface area contributed by atoms with Crippen molar-refractivity contribution in [3.05, 3.63) is 40.1 Å². The van der Waals surface area contributed by atoms with E-state index in [1.807, 2.05) is 6.07 Å². The molecule has 228 valence electrons. The monoisotopic (exact) mass is 584 g/mol. The fraction of sp³-hybridized carbons (Fsp3) is 0.676. The second-order valence-electron chi connectivity index (χ2n) is 14.3. The lowest BCUT2D eigenvalue weighted by Crippen LogP contribution is -2.52. The lowest BCUT2D eigenvalue weighted by Gasteiger charge is -2.46. The summed E-state index contributed by atoms with van der Waals surface area (Å²) in [6, 6.07) is 8.07. The van der Waals surface area contributed by atoms with Gasteiger partial charge < -0.3 is 25.6 Å². The third-order valence-corrected chi connectivity index (χ3v) is 11.8. The van der Waals surface area contributed by atoms with Crippen molar-refractivity contribution >= 4 is 11.5 Å². The Bertz CT molecular complexity index is 1470. The molecule has 0 radical (unpaired) electrons. The molecule has 4 N–H and O–H groups in total. The molecule has 0 bridgehead atoms. The number of nitrogens with zero attached hydrogens (tertiary/aromatic N) is 4. The van der Waals surface area contributed by atoms with Gasteiger partial charge in [0.15, 0.2) is 0 Å². The van der Waals surface area contributed by atoms with Crippen molar-refractivity contribution in [2.45, 2.75) is 126 Å². The van der Waals surface area contributed by atoms with E-state index in [4.69, 9.17) is 25.2 Å². The standard InChI is InChI=1S/C34H44N6O3/c1-20-11-14-34(30-22(20)7-8-25(36)23(30)17-35)16-27-24(18-43-34)31(37-26-9-10-28(26)41)39-32(38-27)42-19-33-12-2-4-29(33)40(15-3-13-33)21-5-6-21/h7-8,20-21,26,28-29,41H,2-6,9-16,18-19,36H2,1H3,(H,37,38,39). The summed E-state index contributed by atoms with van der Waals surface area (Å²) in [7, 11) is 0. The van der Waals surface area contributed by atoms with Gasteiger partial charge in [0, 0.05) is 40.7 Å². The topological polar surface area (TPSA) is 130 Å². The Morgan fingerprint density at radius 1 is 1.14 bits per heavy atom. The third kappa shape index (κ3) is 4.51. The number of piperidine rings is 1. The van der Waals surface area contributed by atoms with Gasteiger partial charge in [-0.2, -0.15) is 15.2 Å². The largest absolute Gasteiger partial charge is 0.463 e. The van der Waals surface area contributed by atoms with Crippen LogP contribution in [0.2, 0.25) is 0 Å². The van der Waals surface area contributed by atoms with Gasteiger partial charge in [-0.3, -0.25) is 4.90 Å². The summed E-state index contributed by atoms with van der Waals surface area (Å²) >= 11 is 0. The quantitative estimate of drug-likeness (QED) is 0.406. The van der Waals surface area contributed by atoms with Gasteiger partial charge in [-0.25, -0.2) is 0 Å². The summed E-state index contributed by atoms with van der Waals surface area (Å²) in [5.74, 6) is 1.03. The summed E-state index contributed by atoms with van der Waals surface area (Å²) in [6.07, 6.45) is 12.5. The van der Waals surface area contributed by atoms with Gasteiger partial charge in [-0.1, -0.05) is 19.4 Å². The van der Waals surface area contributed by atoms with E-state index in [1.54, 1.807) is 0 Å². The molecule has 6 atom stereocenters. The van der Waals surface area contributed by atoms with Crippen molar-refractivity contribution < 1.29 is 14.6 Å². The highest BCUT2D eigenvalue weighted by atomic mass is 16.5. The van der Waals surface area contributed by atoms with E-state index >= 15 is 0 Å². The number of hydrogen-bond acceptors (Lipinski definition) is 9. The molecule has 3 saturated carbocycles. The Morgan fingerprint density at radius 2 is 2.00 bits per heavy atom. The smallest absolute Gasteiger partial charge is 0.318 e. The first-order valence-corrected chi connectivity index (χ1v) is 16.6. The molecule has 9 heteroatoms. The van der Waals surface area contributed by atoms with Crippen molar-refractivity contribution in [1.29, 1.82) is 5.26 Å². The van der Waals surface area contributed by atoms with E-state index in [0.717, 1.165) is 54.1 Å².